The normalized spacial score (nSPS) is 23.1. The molecule has 1 rings (SSSR count). The molecule has 1 aliphatic heterocycles. The lowest BCUT2D eigenvalue weighted by atomic mass is 10.2. The van der Waals surface area contributed by atoms with Gasteiger partial charge in [0.2, 0.25) is 5.91 Å². The minimum Gasteiger partial charge on any atom is -0.374 e. The van der Waals surface area contributed by atoms with Crippen LogP contribution in [0.4, 0.5) is 0 Å². The Bertz CT molecular complexity index is 145. The SMILES string of the molecule is CC(O)N1CCCCCC1=O. The smallest absolute Gasteiger partial charge is 0.224 e. The van der Waals surface area contributed by atoms with Gasteiger partial charge >= 0.3 is 0 Å². The van der Waals surface area contributed by atoms with Gasteiger partial charge in [0.1, 0.15) is 6.23 Å². The van der Waals surface area contributed by atoms with Crippen molar-refractivity contribution in [1.82, 2.24) is 4.90 Å². The van der Waals surface area contributed by atoms with E-state index >= 15 is 0 Å². The first-order chi connectivity index (χ1) is 5.22. The Kier molecular flexibility index (Phi) is 2.88. The summed E-state index contributed by atoms with van der Waals surface area (Å²) in [6, 6.07) is 0. The number of aliphatic hydroxyl groups is 1. The van der Waals surface area contributed by atoms with E-state index in [-0.39, 0.29) is 5.91 Å². The Balaban J connectivity index is 2.52. The average molecular weight is 157 g/mol. The Hall–Kier alpha value is -0.570. The van der Waals surface area contributed by atoms with Crippen LogP contribution in [0.2, 0.25) is 0 Å². The van der Waals surface area contributed by atoms with Crippen molar-refractivity contribution >= 4 is 5.91 Å². The number of likely N-dealkylation sites (tertiary alicyclic amines) is 1. The third-order valence-electron chi connectivity index (χ3n) is 2.06. The monoisotopic (exact) mass is 157 g/mol. The fourth-order valence-corrected chi connectivity index (χ4v) is 1.40. The molecule has 3 nitrogen and oxygen atoms in total. The quantitative estimate of drug-likeness (QED) is 0.609. The van der Waals surface area contributed by atoms with E-state index in [9.17, 15) is 9.90 Å². The molecule has 11 heavy (non-hydrogen) atoms. The number of amides is 1. The van der Waals surface area contributed by atoms with Crippen LogP contribution >= 0.6 is 0 Å². The zero-order valence-corrected chi connectivity index (χ0v) is 6.92. The molecule has 0 aromatic rings. The Labute approximate surface area is 67.0 Å². The predicted octanol–water partition coefficient (Wildman–Crippen LogP) is 0.727. The van der Waals surface area contributed by atoms with E-state index in [0.717, 1.165) is 25.8 Å². The molecule has 3 heteroatoms. The van der Waals surface area contributed by atoms with Crippen LogP contribution in [0.3, 0.4) is 0 Å². The summed E-state index contributed by atoms with van der Waals surface area (Å²) in [6.07, 6.45) is 3.10. The molecule has 1 amide bonds. The zero-order valence-electron chi connectivity index (χ0n) is 6.92. The second-order valence-corrected chi connectivity index (χ2v) is 3.03. The van der Waals surface area contributed by atoms with Crippen LogP contribution in [0, 0.1) is 0 Å². The summed E-state index contributed by atoms with van der Waals surface area (Å²) < 4.78 is 0. The van der Waals surface area contributed by atoms with Crippen molar-refractivity contribution in [3.63, 3.8) is 0 Å². The Morgan fingerprint density at radius 2 is 2.18 bits per heavy atom. The number of carbonyl (C=O) groups is 1. The van der Waals surface area contributed by atoms with E-state index < -0.39 is 6.23 Å². The molecule has 0 aromatic heterocycles. The lowest BCUT2D eigenvalue weighted by molar-refractivity contribution is -0.139. The summed E-state index contributed by atoms with van der Waals surface area (Å²) in [4.78, 5) is 12.8. The number of rotatable bonds is 1. The largest absolute Gasteiger partial charge is 0.374 e. The van der Waals surface area contributed by atoms with Gasteiger partial charge in [0.05, 0.1) is 0 Å². The van der Waals surface area contributed by atoms with Crippen LogP contribution in [-0.2, 0) is 4.79 Å². The number of nitrogens with zero attached hydrogens (tertiary/aromatic N) is 1. The van der Waals surface area contributed by atoms with Crippen LogP contribution in [0.25, 0.3) is 0 Å². The van der Waals surface area contributed by atoms with Gasteiger partial charge in [0.15, 0.2) is 0 Å². The molecular weight excluding hydrogens is 142 g/mol. The predicted molar refractivity (Wildman–Crippen MR) is 41.9 cm³/mol. The summed E-state index contributed by atoms with van der Waals surface area (Å²) in [6.45, 7) is 2.36. The highest BCUT2D eigenvalue weighted by atomic mass is 16.3. The van der Waals surface area contributed by atoms with Crippen molar-refractivity contribution in [3.8, 4) is 0 Å². The summed E-state index contributed by atoms with van der Waals surface area (Å²) in [5, 5.41) is 9.18. The van der Waals surface area contributed by atoms with Crippen molar-refractivity contribution < 1.29 is 9.90 Å². The van der Waals surface area contributed by atoms with E-state index in [1.807, 2.05) is 0 Å². The van der Waals surface area contributed by atoms with E-state index in [4.69, 9.17) is 0 Å². The Morgan fingerprint density at radius 3 is 2.82 bits per heavy atom. The number of hydrogen-bond donors (Lipinski definition) is 1. The van der Waals surface area contributed by atoms with Crippen molar-refractivity contribution in [2.75, 3.05) is 6.54 Å². The first kappa shape index (κ1) is 8.53. The lowest BCUT2D eigenvalue weighted by Gasteiger charge is -2.23. The molecule has 0 saturated carbocycles. The second kappa shape index (κ2) is 3.72. The molecule has 64 valence electrons. The van der Waals surface area contributed by atoms with Crippen LogP contribution in [0.1, 0.15) is 32.6 Å². The third-order valence-corrected chi connectivity index (χ3v) is 2.06. The zero-order chi connectivity index (χ0) is 8.27. The van der Waals surface area contributed by atoms with Crippen LogP contribution in [-0.4, -0.2) is 28.7 Å². The maximum absolute atomic E-state index is 11.2. The summed E-state index contributed by atoms with van der Waals surface area (Å²) in [7, 11) is 0. The minimum atomic E-state index is -0.611. The molecule has 0 aromatic carbocycles. The molecule has 1 N–H and O–H groups in total. The number of hydrogen-bond acceptors (Lipinski definition) is 2. The van der Waals surface area contributed by atoms with Crippen molar-refractivity contribution in [1.29, 1.82) is 0 Å². The fraction of sp³-hybridized carbons (Fsp3) is 0.875. The molecule has 1 atom stereocenters. The van der Waals surface area contributed by atoms with Crippen molar-refractivity contribution in [2.45, 2.75) is 38.8 Å². The van der Waals surface area contributed by atoms with Crippen LogP contribution in [0.5, 0.6) is 0 Å². The van der Waals surface area contributed by atoms with Crippen molar-refractivity contribution in [3.05, 3.63) is 0 Å². The third kappa shape index (κ3) is 2.19. The van der Waals surface area contributed by atoms with Gasteiger partial charge in [-0.3, -0.25) is 4.79 Å². The first-order valence-corrected chi connectivity index (χ1v) is 4.19. The van der Waals surface area contributed by atoms with Crippen molar-refractivity contribution in [2.24, 2.45) is 0 Å². The minimum absolute atomic E-state index is 0.0949. The average Bonchev–Trinajstić information content (AvgIpc) is 2.13. The molecule has 0 radical (unpaired) electrons. The van der Waals surface area contributed by atoms with Gasteiger partial charge < -0.3 is 10.0 Å². The maximum Gasteiger partial charge on any atom is 0.224 e. The molecule has 0 bridgehead atoms. The van der Waals surface area contributed by atoms with Gasteiger partial charge in [-0.2, -0.15) is 0 Å². The highest BCUT2D eigenvalue weighted by molar-refractivity contribution is 5.76. The van der Waals surface area contributed by atoms with Gasteiger partial charge in [-0.1, -0.05) is 6.42 Å². The highest BCUT2D eigenvalue weighted by Crippen LogP contribution is 2.12. The van der Waals surface area contributed by atoms with Crippen LogP contribution in [0.15, 0.2) is 0 Å². The maximum atomic E-state index is 11.2. The highest BCUT2D eigenvalue weighted by Gasteiger charge is 2.19. The molecule has 0 spiro atoms. The molecule has 1 saturated heterocycles. The van der Waals surface area contributed by atoms with Gasteiger partial charge in [-0.05, 0) is 19.8 Å². The van der Waals surface area contributed by atoms with E-state index in [1.165, 1.54) is 0 Å². The molecule has 1 heterocycles. The van der Waals surface area contributed by atoms with Gasteiger partial charge in [-0.15, -0.1) is 0 Å². The van der Waals surface area contributed by atoms with Gasteiger partial charge in [0.25, 0.3) is 0 Å². The summed E-state index contributed by atoms with van der Waals surface area (Å²) in [5.41, 5.74) is 0. The lowest BCUT2D eigenvalue weighted by Crippen LogP contribution is -2.37. The standard InChI is InChI=1S/C8H15NO2/c1-7(10)9-6-4-2-3-5-8(9)11/h7,10H,2-6H2,1H3. The summed E-state index contributed by atoms with van der Waals surface area (Å²) >= 11 is 0. The van der Waals surface area contributed by atoms with Gasteiger partial charge in [-0.25, -0.2) is 0 Å². The molecular formula is C8H15NO2. The molecule has 1 fully saturated rings. The van der Waals surface area contributed by atoms with E-state index in [1.54, 1.807) is 11.8 Å². The first-order valence-electron chi connectivity index (χ1n) is 4.19. The fourth-order valence-electron chi connectivity index (χ4n) is 1.40. The molecule has 1 unspecified atom stereocenters. The number of carbonyl (C=O) groups excluding carboxylic acids is 1. The summed E-state index contributed by atoms with van der Waals surface area (Å²) in [5.74, 6) is 0.0949. The van der Waals surface area contributed by atoms with E-state index in [0.29, 0.717) is 6.42 Å². The van der Waals surface area contributed by atoms with Crippen LogP contribution < -0.4 is 0 Å². The van der Waals surface area contributed by atoms with E-state index in [2.05, 4.69) is 0 Å². The topological polar surface area (TPSA) is 40.5 Å². The molecule has 1 aliphatic rings. The Morgan fingerprint density at radius 1 is 1.45 bits per heavy atom. The van der Waals surface area contributed by atoms with Gasteiger partial charge in [0, 0.05) is 13.0 Å². The number of aliphatic hydroxyl groups excluding tert-OH is 1. The second-order valence-electron chi connectivity index (χ2n) is 3.03. The molecule has 0 aliphatic carbocycles.